The molecule has 4 aromatic rings. The molecule has 0 aromatic carbocycles. The topological polar surface area (TPSA) is 100 Å². The van der Waals surface area contributed by atoms with Crippen molar-refractivity contribution in [1.82, 2.24) is 33.9 Å². The van der Waals surface area contributed by atoms with Crippen LogP contribution in [-0.2, 0) is 10.0 Å². The normalized spacial score (nSPS) is 17.0. The lowest BCUT2D eigenvalue weighted by molar-refractivity contribution is 0.160. The van der Waals surface area contributed by atoms with Gasteiger partial charge >= 0.3 is 0 Å². The summed E-state index contributed by atoms with van der Waals surface area (Å²) in [6.45, 7) is 5.35. The highest BCUT2D eigenvalue weighted by atomic mass is 79.9. The molecule has 1 saturated heterocycles. The van der Waals surface area contributed by atoms with Gasteiger partial charge in [0.25, 0.3) is 10.0 Å². The van der Waals surface area contributed by atoms with E-state index in [1.807, 2.05) is 29.3 Å². The molecule has 4 aromatic heterocycles. The Labute approximate surface area is 204 Å². The lowest BCUT2D eigenvalue weighted by Gasteiger charge is -2.35. The van der Waals surface area contributed by atoms with Crippen molar-refractivity contribution in [2.45, 2.75) is 23.6 Å². The lowest BCUT2D eigenvalue weighted by Crippen LogP contribution is -2.49. The second-order valence-electron chi connectivity index (χ2n) is 8.00. The molecule has 1 aliphatic heterocycles. The quantitative estimate of drug-likeness (QED) is 0.378. The predicted molar refractivity (Wildman–Crippen MR) is 132 cm³/mol. The van der Waals surface area contributed by atoms with E-state index in [4.69, 9.17) is 0 Å². The Bertz CT molecular complexity index is 1360. The first-order valence-corrected chi connectivity index (χ1v) is 13.8. The summed E-state index contributed by atoms with van der Waals surface area (Å²) in [4.78, 5) is 14.2. The molecule has 0 aliphatic carbocycles. The van der Waals surface area contributed by atoms with E-state index >= 15 is 0 Å². The molecule has 0 spiro atoms. The van der Waals surface area contributed by atoms with E-state index in [0.717, 1.165) is 39.0 Å². The van der Waals surface area contributed by atoms with Crippen LogP contribution in [0, 0.1) is 0 Å². The molecular formula is C21H24BrN7O2S2. The summed E-state index contributed by atoms with van der Waals surface area (Å²) in [6, 6.07) is 5.61. The monoisotopic (exact) mass is 549 g/mol. The van der Waals surface area contributed by atoms with Crippen molar-refractivity contribution in [2.24, 2.45) is 0 Å². The van der Waals surface area contributed by atoms with Crippen molar-refractivity contribution in [1.29, 1.82) is 0 Å². The van der Waals surface area contributed by atoms with Crippen LogP contribution in [0.2, 0.25) is 0 Å². The summed E-state index contributed by atoms with van der Waals surface area (Å²) < 4.78 is 30.6. The molecule has 0 amide bonds. The molecule has 1 unspecified atom stereocenters. The first-order valence-electron chi connectivity index (χ1n) is 10.8. The Kier molecular flexibility index (Phi) is 6.36. The number of fused-ring (bicyclic) bond motifs is 1. The van der Waals surface area contributed by atoms with Gasteiger partial charge in [-0.15, -0.1) is 11.3 Å². The van der Waals surface area contributed by atoms with Gasteiger partial charge < -0.3 is 4.98 Å². The van der Waals surface area contributed by atoms with Crippen LogP contribution in [0.3, 0.4) is 0 Å². The zero-order valence-electron chi connectivity index (χ0n) is 18.1. The summed E-state index contributed by atoms with van der Waals surface area (Å²) >= 11 is 4.61. The Morgan fingerprint density at radius 2 is 2.00 bits per heavy atom. The number of nitrogens with zero attached hydrogens (tertiary/aromatic N) is 6. The number of halogens is 1. The standard InChI is InChI=1S/C21H24BrN7O2S2/c1-2-16(29-12-15(11-26-29)20-17-5-6-23-21(17)25-14-24-20)13-27-7-9-28(10-8-27)33(30,31)19-4-3-18(22)32-19/h3-6,11-12,14,16H,2,7-10,13H2,1H3,(H,23,24,25). The summed E-state index contributed by atoms with van der Waals surface area (Å²) in [6.07, 6.45) is 8.23. The third-order valence-electron chi connectivity index (χ3n) is 6.02. The van der Waals surface area contributed by atoms with Gasteiger partial charge in [-0.2, -0.15) is 9.40 Å². The van der Waals surface area contributed by atoms with E-state index in [-0.39, 0.29) is 6.04 Å². The SMILES string of the molecule is CCC(CN1CCN(S(=O)(=O)c2ccc(Br)s2)CC1)n1cc(-c2ncnc3[nH]ccc23)cn1. The average molecular weight is 551 g/mol. The number of nitrogens with one attached hydrogen (secondary N) is 1. The molecule has 1 fully saturated rings. The van der Waals surface area contributed by atoms with Crippen LogP contribution >= 0.6 is 27.3 Å². The van der Waals surface area contributed by atoms with Crippen LogP contribution in [0.15, 0.2) is 51.1 Å². The van der Waals surface area contributed by atoms with Gasteiger partial charge in [-0.1, -0.05) is 6.92 Å². The van der Waals surface area contributed by atoms with E-state index in [0.29, 0.717) is 30.4 Å². The molecule has 9 nitrogen and oxygen atoms in total. The van der Waals surface area contributed by atoms with Crippen molar-refractivity contribution < 1.29 is 8.42 Å². The molecule has 174 valence electrons. The number of hydrogen-bond donors (Lipinski definition) is 1. The van der Waals surface area contributed by atoms with Crippen LogP contribution in [0.1, 0.15) is 19.4 Å². The molecular weight excluding hydrogens is 526 g/mol. The summed E-state index contributed by atoms with van der Waals surface area (Å²) in [5, 5.41) is 5.60. The van der Waals surface area contributed by atoms with E-state index in [2.05, 4.69) is 47.8 Å². The third-order valence-corrected chi connectivity index (χ3v) is 10.0. The Morgan fingerprint density at radius 1 is 1.18 bits per heavy atom. The van der Waals surface area contributed by atoms with Crippen LogP contribution in [0.25, 0.3) is 22.3 Å². The molecule has 0 saturated carbocycles. The fraction of sp³-hybridized carbons (Fsp3) is 0.381. The predicted octanol–water partition coefficient (Wildman–Crippen LogP) is 3.60. The number of aromatic amines is 1. The highest BCUT2D eigenvalue weighted by Gasteiger charge is 2.30. The fourth-order valence-corrected chi connectivity index (χ4v) is 7.76. The first-order chi connectivity index (χ1) is 16.0. The highest BCUT2D eigenvalue weighted by Crippen LogP contribution is 2.29. The van der Waals surface area contributed by atoms with Gasteiger partial charge in [0.1, 0.15) is 16.2 Å². The van der Waals surface area contributed by atoms with Crippen molar-refractivity contribution >= 4 is 48.3 Å². The van der Waals surface area contributed by atoms with Crippen LogP contribution < -0.4 is 0 Å². The molecule has 1 aliphatic rings. The van der Waals surface area contributed by atoms with E-state index in [1.54, 1.807) is 22.8 Å². The Hall–Kier alpha value is -2.12. The van der Waals surface area contributed by atoms with E-state index in [9.17, 15) is 8.42 Å². The van der Waals surface area contributed by atoms with Crippen LogP contribution in [0.4, 0.5) is 0 Å². The smallest absolute Gasteiger partial charge is 0.252 e. The number of thiophene rings is 1. The number of rotatable bonds is 7. The maximum absolute atomic E-state index is 12.9. The molecule has 5 rings (SSSR count). The average Bonchev–Trinajstić information content (AvgIpc) is 3.58. The zero-order valence-corrected chi connectivity index (χ0v) is 21.3. The second kappa shape index (κ2) is 9.26. The molecule has 1 atom stereocenters. The van der Waals surface area contributed by atoms with Crippen molar-refractivity contribution in [3.05, 3.63) is 46.9 Å². The molecule has 0 bridgehead atoms. The number of piperazine rings is 1. The summed E-state index contributed by atoms with van der Waals surface area (Å²) in [7, 11) is -3.43. The van der Waals surface area contributed by atoms with Crippen molar-refractivity contribution in [3.63, 3.8) is 0 Å². The molecule has 0 radical (unpaired) electrons. The molecule has 33 heavy (non-hydrogen) atoms. The number of sulfonamides is 1. The van der Waals surface area contributed by atoms with Gasteiger partial charge in [0.2, 0.25) is 0 Å². The highest BCUT2D eigenvalue weighted by molar-refractivity contribution is 9.11. The Balaban J connectivity index is 1.25. The summed E-state index contributed by atoms with van der Waals surface area (Å²) in [5.74, 6) is 0. The van der Waals surface area contributed by atoms with Gasteiger partial charge in [0, 0.05) is 56.1 Å². The van der Waals surface area contributed by atoms with E-state index < -0.39 is 10.0 Å². The van der Waals surface area contributed by atoms with Gasteiger partial charge in [0.15, 0.2) is 0 Å². The number of H-pyrrole nitrogens is 1. The summed E-state index contributed by atoms with van der Waals surface area (Å²) in [5.41, 5.74) is 2.63. The van der Waals surface area contributed by atoms with Crippen molar-refractivity contribution in [2.75, 3.05) is 32.7 Å². The molecule has 1 N–H and O–H groups in total. The maximum Gasteiger partial charge on any atom is 0.252 e. The fourth-order valence-electron chi connectivity index (χ4n) is 4.18. The van der Waals surface area contributed by atoms with Gasteiger partial charge in [-0.3, -0.25) is 9.58 Å². The van der Waals surface area contributed by atoms with Crippen molar-refractivity contribution in [3.8, 4) is 11.3 Å². The molecule has 5 heterocycles. The second-order valence-corrected chi connectivity index (χ2v) is 12.6. The third kappa shape index (κ3) is 4.50. The first kappa shape index (κ1) is 22.7. The number of aromatic nitrogens is 5. The maximum atomic E-state index is 12.9. The number of hydrogen-bond acceptors (Lipinski definition) is 7. The lowest BCUT2D eigenvalue weighted by atomic mass is 10.1. The zero-order chi connectivity index (χ0) is 23.0. The molecule has 12 heteroatoms. The minimum Gasteiger partial charge on any atom is -0.346 e. The van der Waals surface area contributed by atoms with Gasteiger partial charge in [-0.05, 0) is 40.5 Å². The van der Waals surface area contributed by atoms with Gasteiger partial charge in [-0.25, -0.2) is 18.4 Å². The van der Waals surface area contributed by atoms with Gasteiger partial charge in [0.05, 0.1) is 21.7 Å². The largest absolute Gasteiger partial charge is 0.346 e. The minimum atomic E-state index is -3.43. The minimum absolute atomic E-state index is 0.193. The van der Waals surface area contributed by atoms with Crippen LogP contribution in [0.5, 0.6) is 0 Å². The Morgan fingerprint density at radius 3 is 2.73 bits per heavy atom. The van der Waals surface area contributed by atoms with E-state index in [1.165, 1.54) is 11.3 Å². The van der Waals surface area contributed by atoms with Crippen LogP contribution in [-0.4, -0.2) is 75.1 Å².